The molecule has 0 heterocycles. The molecule has 0 aromatic rings. The Bertz CT molecular complexity index is 285. The van der Waals surface area contributed by atoms with Crippen LogP contribution in [0.15, 0.2) is 0 Å². The highest BCUT2D eigenvalue weighted by Crippen LogP contribution is 2.28. The van der Waals surface area contributed by atoms with E-state index in [0.717, 1.165) is 19.3 Å². The molecule has 18 heavy (non-hydrogen) atoms. The van der Waals surface area contributed by atoms with Crippen molar-refractivity contribution in [1.29, 1.82) is 0 Å². The number of ether oxygens (including phenoxy) is 1. The molecule has 0 aromatic heterocycles. The number of carbonyl (C=O) groups is 2. The average Bonchev–Trinajstić information content (AvgIpc) is 3.06. The van der Waals surface area contributed by atoms with E-state index < -0.39 is 0 Å². The topological polar surface area (TPSA) is 55.4 Å². The Labute approximate surface area is 109 Å². The summed E-state index contributed by atoms with van der Waals surface area (Å²) in [4.78, 5) is 22.8. The number of hydrogen-bond donors (Lipinski definition) is 1. The minimum atomic E-state index is -0.163. The number of esters is 1. The van der Waals surface area contributed by atoms with Gasteiger partial charge in [0, 0.05) is 18.9 Å². The molecule has 1 fully saturated rings. The second-order valence-electron chi connectivity index (χ2n) is 5.60. The first-order chi connectivity index (χ1) is 8.49. The molecule has 0 unspecified atom stereocenters. The fraction of sp³-hybridized carbons (Fsp3) is 0.857. The second kappa shape index (κ2) is 7.39. The minimum absolute atomic E-state index is 0.0152. The fourth-order valence-corrected chi connectivity index (χ4v) is 1.93. The van der Waals surface area contributed by atoms with Gasteiger partial charge in [-0.15, -0.1) is 0 Å². The Morgan fingerprint density at radius 1 is 1.28 bits per heavy atom. The molecule has 1 amide bonds. The Balaban J connectivity index is 2.00. The van der Waals surface area contributed by atoms with E-state index in [1.807, 2.05) is 6.92 Å². The Morgan fingerprint density at radius 2 is 1.94 bits per heavy atom. The molecule has 104 valence electrons. The normalized spacial score (nSPS) is 16.4. The summed E-state index contributed by atoms with van der Waals surface area (Å²) in [7, 11) is 0. The molecule has 0 saturated heterocycles. The van der Waals surface area contributed by atoms with E-state index in [9.17, 15) is 9.59 Å². The van der Waals surface area contributed by atoms with Crippen LogP contribution in [0.1, 0.15) is 52.9 Å². The van der Waals surface area contributed by atoms with Gasteiger partial charge in [0.1, 0.15) is 0 Å². The van der Waals surface area contributed by atoms with Crippen LogP contribution in [0.5, 0.6) is 0 Å². The van der Waals surface area contributed by atoms with Gasteiger partial charge in [-0.3, -0.25) is 9.59 Å². The standard InChI is InChI=1S/C14H25NO3/c1-10(2)9-11(3)18-13(16)5-4-8-15-14(17)12-6-7-12/h10-12H,4-9H2,1-3H3,(H,15,17)/t11-/m0/s1. The highest BCUT2D eigenvalue weighted by molar-refractivity contribution is 5.80. The number of hydrogen-bond acceptors (Lipinski definition) is 3. The lowest BCUT2D eigenvalue weighted by molar-refractivity contribution is -0.149. The van der Waals surface area contributed by atoms with Gasteiger partial charge < -0.3 is 10.1 Å². The number of nitrogens with one attached hydrogen (secondary N) is 1. The SMILES string of the molecule is CC(C)C[C@H](C)OC(=O)CCCNC(=O)C1CC1. The van der Waals surface area contributed by atoms with E-state index in [1.54, 1.807) is 0 Å². The maximum atomic E-state index is 11.5. The van der Waals surface area contributed by atoms with E-state index in [-0.39, 0.29) is 23.9 Å². The van der Waals surface area contributed by atoms with E-state index in [0.29, 0.717) is 25.3 Å². The van der Waals surface area contributed by atoms with Crippen molar-refractivity contribution >= 4 is 11.9 Å². The zero-order chi connectivity index (χ0) is 13.5. The molecule has 1 N–H and O–H groups in total. The quantitative estimate of drug-likeness (QED) is 0.534. The van der Waals surface area contributed by atoms with Crippen LogP contribution in [-0.4, -0.2) is 24.5 Å². The summed E-state index contributed by atoms with van der Waals surface area (Å²) in [5.41, 5.74) is 0. The predicted octanol–water partition coefficient (Wildman–Crippen LogP) is 2.27. The maximum absolute atomic E-state index is 11.5. The van der Waals surface area contributed by atoms with Crippen LogP contribution in [0.25, 0.3) is 0 Å². The van der Waals surface area contributed by atoms with Crippen molar-refractivity contribution in [2.24, 2.45) is 11.8 Å². The van der Waals surface area contributed by atoms with Crippen molar-refractivity contribution in [3.8, 4) is 0 Å². The molecule has 1 saturated carbocycles. The summed E-state index contributed by atoms with van der Waals surface area (Å²) in [6.07, 6.45) is 3.95. The molecule has 0 radical (unpaired) electrons. The van der Waals surface area contributed by atoms with Crippen molar-refractivity contribution in [1.82, 2.24) is 5.32 Å². The van der Waals surface area contributed by atoms with Crippen LogP contribution in [0.4, 0.5) is 0 Å². The number of amides is 1. The van der Waals surface area contributed by atoms with E-state index >= 15 is 0 Å². The van der Waals surface area contributed by atoms with Crippen LogP contribution in [0.2, 0.25) is 0 Å². The van der Waals surface area contributed by atoms with Crippen molar-refractivity contribution in [2.45, 2.75) is 59.0 Å². The third-order valence-electron chi connectivity index (χ3n) is 2.94. The highest BCUT2D eigenvalue weighted by Gasteiger charge is 2.29. The first kappa shape index (κ1) is 15.0. The zero-order valence-corrected chi connectivity index (χ0v) is 11.7. The summed E-state index contributed by atoms with van der Waals surface area (Å²) < 4.78 is 5.28. The summed E-state index contributed by atoms with van der Waals surface area (Å²) in [5.74, 6) is 0.744. The number of carbonyl (C=O) groups excluding carboxylic acids is 2. The largest absolute Gasteiger partial charge is 0.463 e. The van der Waals surface area contributed by atoms with Gasteiger partial charge in [0.2, 0.25) is 5.91 Å². The van der Waals surface area contributed by atoms with Crippen molar-refractivity contribution in [2.75, 3.05) is 6.54 Å². The molecule has 1 aliphatic carbocycles. The summed E-state index contributed by atoms with van der Waals surface area (Å²) in [6.45, 7) is 6.71. The molecule has 0 spiro atoms. The summed E-state index contributed by atoms with van der Waals surface area (Å²) >= 11 is 0. The van der Waals surface area contributed by atoms with E-state index in [1.165, 1.54) is 0 Å². The third-order valence-corrected chi connectivity index (χ3v) is 2.94. The molecular formula is C14H25NO3. The molecule has 0 aliphatic heterocycles. The van der Waals surface area contributed by atoms with Gasteiger partial charge in [0.25, 0.3) is 0 Å². The lowest BCUT2D eigenvalue weighted by Gasteiger charge is -2.15. The van der Waals surface area contributed by atoms with Crippen LogP contribution in [0.3, 0.4) is 0 Å². The van der Waals surface area contributed by atoms with Gasteiger partial charge in [-0.05, 0) is 38.5 Å². The van der Waals surface area contributed by atoms with Crippen molar-refractivity contribution in [3.63, 3.8) is 0 Å². The molecule has 1 rings (SSSR count). The first-order valence-electron chi connectivity index (χ1n) is 6.96. The zero-order valence-electron chi connectivity index (χ0n) is 11.7. The Hall–Kier alpha value is -1.06. The molecule has 0 bridgehead atoms. The lowest BCUT2D eigenvalue weighted by atomic mass is 10.1. The van der Waals surface area contributed by atoms with E-state index in [4.69, 9.17) is 4.74 Å². The monoisotopic (exact) mass is 255 g/mol. The summed E-state index contributed by atoms with van der Waals surface area (Å²) in [6, 6.07) is 0. The molecule has 1 atom stereocenters. The second-order valence-corrected chi connectivity index (χ2v) is 5.60. The lowest BCUT2D eigenvalue weighted by Crippen LogP contribution is -2.26. The van der Waals surface area contributed by atoms with Crippen molar-refractivity contribution < 1.29 is 14.3 Å². The van der Waals surface area contributed by atoms with Gasteiger partial charge >= 0.3 is 5.97 Å². The van der Waals surface area contributed by atoms with Gasteiger partial charge in [-0.25, -0.2) is 0 Å². The van der Waals surface area contributed by atoms with Crippen molar-refractivity contribution in [3.05, 3.63) is 0 Å². The smallest absolute Gasteiger partial charge is 0.306 e. The predicted molar refractivity (Wildman–Crippen MR) is 70.0 cm³/mol. The average molecular weight is 255 g/mol. The summed E-state index contributed by atoms with van der Waals surface area (Å²) in [5, 5.41) is 2.84. The van der Waals surface area contributed by atoms with Crippen LogP contribution < -0.4 is 5.32 Å². The highest BCUT2D eigenvalue weighted by atomic mass is 16.5. The molecule has 4 nitrogen and oxygen atoms in total. The maximum Gasteiger partial charge on any atom is 0.306 e. The molecule has 0 aromatic carbocycles. The third kappa shape index (κ3) is 6.62. The molecule has 1 aliphatic rings. The van der Waals surface area contributed by atoms with Gasteiger partial charge in [0.15, 0.2) is 0 Å². The number of rotatable bonds is 8. The van der Waals surface area contributed by atoms with E-state index in [2.05, 4.69) is 19.2 Å². The van der Waals surface area contributed by atoms with Gasteiger partial charge in [0.05, 0.1) is 6.10 Å². The van der Waals surface area contributed by atoms with Crippen LogP contribution in [-0.2, 0) is 14.3 Å². The molecule has 4 heteroatoms. The van der Waals surface area contributed by atoms with Gasteiger partial charge in [-0.1, -0.05) is 13.8 Å². The van der Waals surface area contributed by atoms with Crippen LogP contribution >= 0.6 is 0 Å². The Kier molecular flexibility index (Phi) is 6.16. The molecular weight excluding hydrogens is 230 g/mol. The Morgan fingerprint density at radius 3 is 2.50 bits per heavy atom. The first-order valence-corrected chi connectivity index (χ1v) is 6.96. The fourth-order valence-electron chi connectivity index (χ4n) is 1.93. The van der Waals surface area contributed by atoms with Gasteiger partial charge in [-0.2, -0.15) is 0 Å². The minimum Gasteiger partial charge on any atom is -0.463 e. The van der Waals surface area contributed by atoms with Crippen LogP contribution in [0, 0.1) is 11.8 Å².